The van der Waals surface area contributed by atoms with E-state index >= 15 is 0 Å². The van der Waals surface area contributed by atoms with Gasteiger partial charge in [-0.25, -0.2) is 13.6 Å². The molecule has 4 rings (SSSR count). The first-order chi connectivity index (χ1) is 13.5. The molecule has 0 spiro atoms. The van der Waals surface area contributed by atoms with Gasteiger partial charge in [0.25, 0.3) is 0 Å². The number of nitrogens with zero attached hydrogens (tertiary/aromatic N) is 3. The molecule has 0 radical (unpaired) electrons. The molecule has 1 fully saturated rings. The van der Waals surface area contributed by atoms with Crippen LogP contribution in [0.3, 0.4) is 0 Å². The van der Waals surface area contributed by atoms with Crippen molar-refractivity contribution in [3.63, 3.8) is 0 Å². The summed E-state index contributed by atoms with van der Waals surface area (Å²) in [5.74, 6) is -1.25. The van der Waals surface area contributed by atoms with E-state index in [1.54, 1.807) is 29.2 Å². The van der Waals surface area contributed by atoms with Crippen molar-refractivity contribution in [1.82, 2.24) is 15.0 Å². The van der Waals surface area contributed by atoms with Crippen molar-refractivity contribution in [1.29, 1.82) is 0 Å². The van der Waals surface area contributed by atoms with Gasteiger partial charge in [0.05, 0.1) is 5.56 Å². The third kappa shape index (κ3) is 3.68. The smallest absolute Gasteiger partial charge is 0.322 e. The summed E-state index contributed by atoms with van der Waals surface area (Å²) in [5.41, 5.74) is 0.645. The maximum atomic E-state index is 14.0. The van der Waals surface area contributed by atoms with Gasteiger partial charge in [-0.15, -0.1) is 0 Å². The molecule has 1 aliphatic heterocycles. The van der Waals surface area contributed by atoms with Crippen LogP contribution in [0.1, 0.15) is 24.8 Å². The Bertz CT molecular complexity index is 1010. The SMILES string of the molecule is O=C(Nc1ccc(Cl)cc1)N1CCCC1c1nc(-c2ccc(F)cc2F)no1. The van der Waals surface area contributed by atoms with Crippen molar-refractivity contribution in [3.05, 3.63) is 65.0 Å². The molecular formula is C19H15ClF2N4O2. The van der Waals surface area contributed by atoms with Gasteiger partial charge in [-0.05, 0) is 49.2 Å². The highest BCUT2D eigenvalue weighted by Crippen LogP contribution is 2.33. The molecule has 0 saturated carbocycles. The number of likely N-dealkylation sites (tertiary alicyclic amines) is 1. The molecule has 9 heteroatoms. The minimum absolute atomic E-state index is 0.0115. The number of hydrogen-bond acceptors (Lipinski definition) is 4. The number of carbonyl (C=O) groups excluding carboxylic acids is 1. The van der Waals surface area contributed by atoms with E-state index in [4.69, 9.17) is 16.1 Å². The third-order valence-corrected chi connectivity index (χ3v) is 4.76. The van der Waals surface area contributed by atoms with E-state index in [9.17, 15) is 13.6 Å². The van der Waals surface area contributed by atoms with Crippen LogP contribution in [0.15, 0.2) is 47.0 Å². The molecule has 1 aromatic heterocycles. The molecule has 28 heavy (non-hydrogen) atoms. The number of amides is 2. The summed E-state index contributed by atoms with van der Waals surface area (Å²) >= 11 is 5.85. The summed E-state index contributed by atoms with van der Waals surface area (Å²) in [6.45, 7) is 0.521. The predicted octanol–water partition coefficient (Wildman–Crippen LogP) is 5.04. The van der Waals surface area contributed by atoms with Gasteiger partial charge in [0, 0.05) is 23.3 Å². The van der Waals surface area contributed by atoms with E-state index in [1.165, 1.54) is 6.07 Å². The number of carbonyl (C=O) groups is 1. The van der Waals surface area contributed by atoms with Crippen LogP contribution >= 0.6 is 11.6 Å². The summed E-state index contributed by atoms with van der Waals surface area (Å²) in [4.78, 5) is 18.5. The lowest BCUT2D eigenvalue weighted by Crippen LogP contribution is -2.34. The first-order valence-electron chi connectivity index (χ1n) is 8.63. The molecular weight excluding hydrogens is 390 g/mol. The maximum absolute atomic E-state index is 14.0. The highest BCUT2D eigenvalue weighted by atomic mass is 35.5. The quantitative estimate of drug-likeness (QED) is 0.664. The van der Waals surface area contributed by atoms with E-state index < -0.39 is 17.7 Å². The van der Waals surface area contributed by atoms with Crippen molar-refractivity contribution in [3.8, 4) is 11.4 Å². The van der Waals surface area contributed by atoms with E-state index in [0.29, 0.717) is 23.7 Å². The van der Waals surface area contributed by atoms with E-state index in [-0.39, 0.29) is 23.3 Å². The molecule has 1 aliphatic rings. The minimum atomic E-state index is -0.781. The van der Waals surface area contributed by atoms with Gasteiger partial charge in [0.1, 0.15) is 17.7 Å². The van der Waals surface area contributed by atoms with Gasteiger partial charge in [-0.3, -0.25) is 0 Å². The second-order valence-electron chi connectivity index (χ2n) is 6.37. The van der Waals surface area contributed by atoms with Crippen LogP contribution in [0.2, 0.25) is 5.02 Å². The fourth-order valence-electron chi connectivity index (χ4n) is 3.15. The van der Waals surface area contributed by atoms with Gasteiger partial charge in [0.2, 0.25) is 11.7 Å². The lowest BCUT2D eigenvalue weighted by Gasteiger charge is -2.22. The summed E-state index contributed by atoms with van der Waals surface area (Å²) < 4.78 is 32.3. The van der Waals surface area contributed by atoms with E-state index in [1.807, 2.05) is 0 Å². The topological polar surface area (TPSA) is 71.3 Å². The van der Waals surface area contributed by atoms with Gasteiger partial charge in [-0.1, -0.05) is 16.8 Å². The van der Waals surface area contributed by atoms with Gasteiger partial charge >= 0.3 is 6.03 Å². The molecule has 1 saturated heterocycles. The number of halogens is 3. The van der Waals surface area contributed by atoms with Crippen LogP contribution in [-0.4, -0.2) is 27.6 Å². The summed E-state index contributed by atoms with van der Waals surface area (Å²) in [6.07, 6.45) is 1.41. The summed E-state index contributed by atoms with van der Waals surface area (Å²) in [5, 5.41) is 7.16. The number of aromatic nitrogens is 2. The molecule has 3 aromatic rings. The number of anilines is 1. The molecule has 144 valence electrons. The second kappa shape index (κ2) is 7.55. The number of urea groups is 1. The normalized spacial score (nSPS) is 16.4. The Labute approximate surface area is 164 Å². The average molecular weight is 405 g/mol. The number of benzene rings is 2. The summed E-state index contributed by atoms with van der Waals surface area (Å²) in [7, 11) is 0. The van der Waals surface area contributed by atoms with Crippen LogP contribution in [0.25, 0.3) is 11.4 Å². The molecule has 2 heterocycles. The number of hydrogen-bond donors (Lipinski definition) is 1. The zero-order chi connectivity index (χ0) is 19.7. The zero-order valence-corrected chi connectivity index (χ0v) is 15.3. The fraction of sp³-hybridized carbons (Fsp3) is 0.211. The summed E-state index contributed by atoms with van der Waals surface area (Å²) in [6, 6.07) is 9.16. The highest BCUT2D eigenvalue weighted by molar-refractivity contribution is 6.30. The number of rotatable bonds is 3. The fourth-order valence-corrected chi connectivity index (χ4v) is 3.27. The first kappa shape index (κ1) is 18.4. The van der Waals surface area contributed by atoms with Gasteiger partial charge in [0.15, 0.2) is 0 Å². The van der Waals surface area contributed by atoms with Crippen molar-refractivity contribution in [2.45, 2.75) is 18.9 Å². The lowest BCUT2D eigenvalue weighted by molar-refractivity contribution is 0.193. The minimum Gasteiger partial charge on any atom is -0.337 e. The lowest BCUT2D eigenvalue weighted by atomic mass is 10.2. The third-order valence-electron chi connectivity index (χ3n) is 4.51. The Morgan fingerprint density at radius 3 is 2.75 bits per heavy atom. The maximum Gasteiger partial charge on any atom is 0.322 e. The molecule has 1 N–H and O–H groups in total. The molecule has 0 aliphatic carbocycles. The Balaban J connectivity index is 1.53. The molecule has 6 nitrogen and oxygen atoms in total. The van der Waals surface area contributed by atoms with Crippen LogP contribution in [0.4, 0.5) is 19.3 Å². The first-order valence-corrected chi connectivity index (χ1v) is 9.01. The van der Waals surface area contributed by atoms with Crippen LogP contribution in [-0.2, 0) is 0 Å². The van der Waals surface area contributed by atoms with Crippen molar-refractivity contribution >= 4 is 23.3 Å². The van der Waals surface area contributed by atoms with E-state index in [0.717, 1.165) is 18.6 Å². The van der Waals surface area contributed by atoms with Crippen LogP contribution < -0.4 is 5.32 Å². The van der Waals surface area contributed by atoms with Crippen molar-refractivity contribution in [2.75, 3.05) is 11.9 Å². The zero-order valence-electron chi connectivity index (χ0n) is 14.5. The van der Waals surface area contributed by atoms with Crippen LogP contribution in [0.5, 0.6) is 0 Å². The average Bonchev–Trinajstić information content (AvgIpc) is 3.32. The number of nitrogens with one attached hydrogen (secondary N) is 1. The van der Waals surface area contributed by atoms with Gasteiger partial charge < -0.3 is 14.7 Å². The van der Waals surface area contributed by atoms with Gasteiger partial charge in [-0.2, -0.15) is 4.98 Å². The second-order valence-corrected chi connectivity index (χ2v) is 6.81. The monoisotopic (exact) mass is 404 g/mol. The Kier molecular flexibility index (Phi) is 4.95. The van der Waals surface area contributed by atoms with Crippen molar-refractivity contribution < 1.29 is 18.1 Å². The molecule has 2 aromatic carbocycles. The Morgan fingerprint density at radius 1 is 1.21 bits per heavy atom. The highest BCUT2D eigenvalue weighted by Gasteiger charge is 2.34. The standard InChI is InChI=1S/C19H15ClF2N4O2/c20-11-3-6-13(7-4-11)23-19(27)26-9-1-2-16(26)18-24-17(25-28-18)14-8-5-12(21)10-15(14)22/h3-8,10,16H,1-2,9H2,(H,23,27). The molecule has 0 bridgehead atoms. The largest absolute Gasteiger partial charge is 0.337 e. The van der Waals surface area contributed by atoms with E-state index in [2.05, 4.69) is 15.5 Å². The molecule has 1 atom stereocenters. The molecule has 2 amide bonds. The molecule has 1 unspecified atom stereocenters. The Morgan fingerprint density at radius 2 is 2.00 bits per heavy atom. The van der Waals surface area contributed by atoms with Crippen LogP contribution in [0, 0.1) is 11.6 Å². The Hall–Kier alpha value is -3.00. The predicted molar refractivity (Wildman–Crippen MR) is 98.8 cm³/mol. The van der Waals surface area contributed by atoms with Crippen molar-refractivity contribution in [2.24, 2.45) is 0 Å².